The van der Waals surface area contributed by atoms with Crippen LogP contribution >= 0.6 is 0 Å². The molecule has 12 rings (SSSR count). The quantitative estimate of drug-likeness (QED) is 0.145. The van der Waals surface area contributed by atoms with Crippen LogP contribution in [0.15, 0.2) is 177 Å². The maximum absolute atomic E-state index is 15.4. The van der Waals surface area contributed by atoms with Gasteiger partial charge in [-0.25, -0.2) is 49.6 Å². The summed E-state index contributed by atoms with van der Waals surface area (Å²) in [5, 5.41) is 2.98. The normalized spacial score (nSPS) is 11.6. The Labute approximate surface area is 395 Å². The first-order valence-electron chi connectivity index (χ1n) is 21.7. The van der Waals surface area contributed by atoms with Gasteiger partial charge in [-0.15, -0.1) is 0 Å². The Kier molecular flexibility index (Phi) is 9.71. The molecule has 0 unspecified atom stereocenters. The summed E-state index contributed by atoms with van der Waals surface area (Å²) in [6.45, 7) is 17.3. The fourth-order valence-corrected chi connectivity index (χ4v) is 9.34. The monoisotopic (exact) mass is 914 g/mol. The fraction of sp³-hybridized carbons (Fsp3) is 0.0182. The lowest BCUT2D eigenvalue weighted by Gasteiger charge is -2.23. The summed E-state index contributed by atoms with van der Waals surface area (Å²) in [5.41, 5.74) is 4.41. The summed E-state index contributed by atoms with van der Waals surface area (Å²) in [6.07, 6.45) is 8.40. The summed E-state index contributed by atoms with van der Waals surface area (Å²) >= 11 is 0. The Bertz CT molecular complexity index is 3930. The first-order chi connectivity index (χ1) is 34.3. The molecule has 0 saturated heterocycles. The molecule has 0 N–H and O–H groups in total. The van der Waals surface area contributed by atoms with E-state index in [4.69, 9.17) is 13.1 Å². The van der Waals surface area contributed by atoms with Gasteiger partial charge in [-0.3, -0.25) is 0 Å². The van der Waals surface area contributed by atoms with Crippen molar-refractivity contribution >= 4 is 55.0 Å². The van der Waals surface area contributed by atoms with Crippen molar-refractivity contribution in [3.8, 4) is 68.1 Å². The Morgan fingerprint density at radius 1 is 0.414 bits per heavy atom. The third-order valence-corrected chi connectivity index (χ3v) is 12.3. The molecule has 6 aromatic carbocycles. The SMILES string of the molecule is [C-]#[N+]c1cccc(C(F)(F)F)c1-c1ccc(-n2c3ccc(-c4ncccn4)cc3c3cc(-c4ncccn4)ccc32)c([N+]#[C-])c1-n1c2ccc(-c3ncccn3)cc2c2cc(-c3ncccn3)ccc21. The van der Waals surface area contributed by atoms with Crippen molar-refractivity contribution in [3.05, 3.63) is 205 Å². The molecule has 12 aromatic rings. The van der Waals surface area contributed by atoms with E-state index in [2.05, 4.69) is 49.6 Å². The molecule has 0 atom stereocenters. The highest BCUT2D eigenvalue weighted by molar-refractivity contribution is 6.15. The van der Waals surface area contributed by atoms with Gasteiger partial charge in [-0.2, -0.15) is 13.2 Å². The van der Waals surface area contributed by atoms with Gasteiger partial charge < -0.3 is 9.13 Å². The van der Waals surface area contributed by atoms with Crippen LogP contribution in [0.5, 0.6) is 0 Å². The number of hydrogen-bond acceptors (Lipinski definition) is 8. The van der Waals surface area contributed by atoms with Crippen molar-refractivity contribution in [3.63, 3.8) is 0 Å². The largest absolute Gasteiger partial charge is 0.415 e. The number of rotatable bonds is 7. The summed E-state index contributed by atoms with van der Waals surface area (Å²) in [6, 6.07) is 36.7. The number of nitrogens with zero attached hydrogens (tertiary/aromatic N) is 12. The van der Waals surface area contributed by atoms with Crippen LogP contribution in [0, 0.1) is 13.1 Å². The third-order valence-electron chi connectivity index (χ3n) is 12.3. The predicted molar refractivity (Wildman–Crippen MR) is 262 cm³/mol. The first-order valence-corrected chi connectivity index (χ1v) is 21.7. The topological polar surface area (TPSA) is 122 Å². The third kappa shape index (κ3) is 6.76. The van der Waals surface area contributed by atoms with Crippen LogP contribution < -0.4 is 0 Å². The minimum Gasteiger partial charge on any atom is -0.319 e. The minimum absolute atomic E-state index is 0.0277. The van der Waals surface area contributed by atoms with E-state index in [1.807, 2.05) is 81.9 Å². The van der Waals surface area contributed by atoms with E-state index in [0.29, 0.717) is 73.0 Å². The highest BCUT2D eigenvalue weighted by atomic mass is 19.4. The lowest BCUT2D eigenvalue weighted by Crippen LogP contribution is -2.09. The summed E-state index contributed by atoms with van der Waals surface area (Å²) in [7, 11) is 0. The molecule has 330 valence electrons. The van der Waals surface area contributed by atoms with Gasteiger partial charge in [0.25, 0.3) is 0 Å². The van der Waals surface area contributed by atoms with Crippen molar-refractivity contribution < 1.29 is 13.2 Å². The molecule has 6 heterocycles. The molecule has 15 heteroatoms. The van der Waals surface area contributed by atoms with Crippen molar-refractivity contribution in [1.29, 1.82) is 0 Å². The maximum Gasteiger partial charge on any atom is 0.415 e. The van der Waals surface area contributed by atoms with Gasteiger partial charge in [-0.05, 0) is 109 Å². The van der Waals surface area contributed by atoms with Crippen LogP contribution in [0.2, 0.25) is 0 Å². The Hall–Kier alpha value is -9.99. The molecule has 0 aliphatic heterocycles. The number of aromatic nitrogens is 10. The van der Waals surface area contributed by atoms with Gasteiger partial charge in [0.05, 0.1) is 52.1 Å². The minimum atomic E-state index is -4.87. The standard InChI is InChI=1S/C55H29F3N12/c1-59-42-9-3-8-41(55(56,57)58)48(42)36-14-19-47(69-43-15-10-32(51-61-20-4-21-62-51)28-37(43)38-29-33(11-16-44(38)69)52-63-22-5-23-64-52)49(60-2)50(36)70-45-17-12-34(53-65-24-6-25-66-53)30-39(45)40-31-35(13-18-46(40)70)54-67-26-7-27-68-54/h3-31H. The Balaban J connectivity index is 1.22. The van der Waals surface area contributed by atoms with Crippen LogP contribution in [-0.2, 0) is 6.18 Å². The van der Waals surface area contributed by atoms with Crippen molar-refractivity contribution in [1.82, 2.24) is 49.0 Å². The molecular weight excluding hydrogens is 886 g/mol. The molecule has 6 aromatic heterocycles. The number of fused-ring (bicyclic) bond motifs is 6. The van der Waals surface area contributed by atoms with Crippen LogP contribution in [-0.4, -0.2) is 49.0 Å². The Morgan fingerprint density at radius 3 is 1.16 bits per heavy atom. The van der Waals surface area contributed by atoms with Gasteiger partial charge >= 0.3 is 6.18 Å². The molecular formula is C55H29F3N12. The van der Waals surface area contributed by atoms with Gasteiger partial charge in [0.1, 0.15) is 0 Å². The zero-order valence-electron chi connectivity index (χ0n) is 36.2. The van der Waals surface area contributed by atoms with Crippen molar-refractivity contribution in [2.45, 2.75) is 6.18 Å². The second-order valence-corrected chi connectivity index (χ2v) is 16.1. The van der Waals surface area contributed by atoms with E-state index in [-0.39, 0.29) is 28.2 Å². The predicted octanol–water partition coefficient (Wildman–Crippen LogP) is 13.5. The number of benzene rings is 6. The van der Waals surface area contributed by atoms with Crippen molar-refractivity contribution in [2.75, 3.05) is 0 Å². The van der Waals surface area contributed by atoms with Crippen LogP contribution in [0.3, 0.4) is 0 Å². The first kappa shape index (κ1) is 41.4. The lowest BCUT2D eigenvalue weighted by molar-refractivity contribution is -0.137. The molecule has 0 saturated carbocycles. The molecule has 0 aliphatic carbocycles. The zero-order valence-corrected chi connectivity index (χ0v) is 36.2. The summed E-state index contributed by atoms with van der Waals surface area (Å²) < 4.78 is 49.9. The summed E-state index contributed by atoms with van der Waals surface area (Å²) in [5.74, 6) is 1.95. The molecule has 12 nitrogen and oxygen atoms in total. The molecule has 0 fully saturated rings. The average Bonchev–Trinajstić information content (AvgIpc) is 3.91. The van der Waals surface area contributed by atoms with Gasteiger partial charge in [-0.1, -0.05) is 24.3 Å². The fourth-order valence-electron chi connectivity index (χ4n) is 9.34. The van der Waals surface area contributed by atoms with Crippen LogP contribution in [0.1, 0.15) is 5.56 Å². The van der Waals surface area contributed by atoms with E-state index in [1.165, 1.54) is 12.1 Å². The smallest absolute Gasteiger partial charge is 0.319 e. The highest BCUT2D eigenvalue weighted by Crippen LogP contribution is 2.51. The number of hydrogen-bond donors (Lipinski definition) is 0. The molecule has 0 amide bonds. The molecule has 0 aliphatic rings. The molecule has 70 heavy (non-hydrogen) atoms. The Morgan fingerprint density at radius 2 is 0.800 bits per heavy atom. The molecule has 0 spiro atoms. The van der Waals surface area contributed by atoms with E-state index < -0.39 is 11.7 Å². The number of alkyl halides is 3. The van der Waals surface area contributed by atoms with E-state index in [1.54, 1.807) is 86.0 Å². The van der Waals surface area contributed by atoms with Crippen LogP contribution in [0.25, 0.3) is 121 Å². The zero-order chi connectivity index (χ0) is 47.5. The van der Waals surface area contributed by atoms with E-state index in [0.717, 1.165) is 28.0 Å². The second kappa shape index (κ2) is 16.4. The highest BCUT2D eigenvalue weighted by Gasteiger charge is 2.36. The summed E-state index contributed by atoms with van der Waals surface area (Å²) in [4.78, 5) is 44.0. The number of halogens is 3. The van der Waals surface area contributed by atoms with Gasteiger partial charge in [0.2, 0.25) is 5.69 Å². The second-order valence-electron chi connectivity index (χ2n) is 16.1. The van der Waals surface area contributed by atoms with E-state index >= 15 is 13.2 Å². The average molecular weight is 915 g/mol. The van der Waals surface area contributed by atoms with Gasteiger partial charge in [0.15, 0.2) is 29.0 Å². The van der Waals surface area contributed by atoms with Gasteiger partial charge in [0, 0.05) is 98.9 Å². The van der Waals surface area contributed by atoms with E-state index in [9.17, 15) is 0 Å². The lowest BCUT2D eigenvalue weighted by atomic mass is 9.94. The molecule has 0 bridgehead atoms. The van der Waals surface area contributed by atoms with Crippen LogP contribution in [0.4, 0.5) is 24.5 Å². The molecule has 0 radical (unpaired) electrons. The van der Waals surface area contributed by atoms with Crippen molar-refractivity contribution in [2.24, 2.45) is 0 Å². The maximum atomic E-state index is 15.4.